The van der Waals surface area contributed by atoms with Gasteiger partial charge in [0, 0.05) is 6.42 Å². The van der Waals surface area contributed by atoms with Crippen molar-refractivity contribution in [2.24, 2.45) is 0 Å². The zero-order chi connectivity index (χ0) is 12.4. The first-order chi connectivity index (χ1) is 7.60. The van der Waals surface area contributed by atoms with Gasteiger partial charge in [0.05, 0.1) is 13.2 Å². The number of carbonyl (C=O) groups excluding carboxylic acids is 1. The van der Waals surface area contributed by atoms with Crippen LogP contribution in [0.4, 0.5) is 0 Å². The van der Waals surface area contributed by atoms with Crippen molar-refractivity contribution in [3.63, 3.8) is 0 Å². The van der Waals surface area contributed by atoms with Crippen LogP contribution in [0.1, 0.15) is 39.5 Å². The van der Waals surface area contributed by atoms with Gasteiger partial charge in [0.1, 0.15) is 0 Å². The van der Waals surface area contributed by atoms with Crippen LogP contribution in [0.5, 0.6) is 0 Å². The minimum absolute atomic E-state index is 0.218. The molecule has 0 saturated heterocycles. The summed E-state index contributed by atoms with van der Waals surface area (Å²) in [5.41, 5.74) is -0.416. The number of hydrogen-bond acceptors (Lipinski definition) is 4. The molecule has 0 bridgehead atoms. The lowest BCUT2D eigenvalue weighted by atomic mass is 10.2. The van der Waals surface area contributed by atoms with E-state index in [0.717, 1.165) is 12.8 Å². The average molecular weight is 248 g/mol. The van der Waals surface area contributed by atoms with Crippen LogP contribution in [0.25, 0.3) is 0 Å². The zero-order valence-corrected chi connectivity index (χ0v) is 11.0. The third-order valence-corrected chi connectivity index (χ3v) is 3.98. The summed E-state index contributed by atoms with van der Waals surface area (Å²) in [6.45, 7) is 7.41. The van der Waals surface area contributed by atoms with E-state index >= 15 is 0 Å². The molecule has 16 heavy (non-hydrogen) atoms. The van der Waals surface area contributed by atoms with E-state index in [-0.39, 0.29) is 19.6 Å². The van der Waals surface area contributed by atoms with Crippen LogP contribution in [-0.2, 0) is 18.4 Å². The number of allylic oxidation sites excluding steroid dienone is 1. The van der Waals surface area contributed by atoms with Crippen molar-refractivity contribution in [1.29, 1.82) is 0 Å². The van der Waals surface area contributed by atoms with E-state index in [1.807, 2.05) is 0 Å². The quantitative estimate of drug-likeness (QED) is 0.337. The van der Waals surface area contributed by atoms with Crippen LogP contribution < -0.4 is 0 Å². The molecule has 94 valence electrons. The average Bonchev–Trinajstić information content (AvgIpc) is 2.24. The van der Waals surface area contributed by atoms with Crippen LogP contribution in [0.2, 0.25) is 0 Å². The largest absolute Gasteiger partial charge is 0.396 e. The first kappa shape index (κ1) is 15.6. The molecule has 0 N–H and O–H groups in total. The van der Waals surface area contributed by atoms with Gasteiger partial charge in [-0.15, -0.1) is 6.58 Å². The van der Waals surface area contributed by atoms with Crippen molar-refractivity contribution in [1.82, 2.24) is 0 Å². The first-order valence-corrected chi connectivity index (χ1v) is 7.18. The molecule has 0 fully saturated rings. The Morgan fingerprint density at radius 1 is 1.25 bits per heavy atom. The molecule has 0 amide bonds. The third-order valence-electron chi connectivity index (χ3n) is 1.95. The molecule has 0 aromatic heterocycles. The molecule has 4 nitrogen and oxygen atoms in total. The predicted molar refractivity (Wildman–Crippen MR) is 64.5 cm³/mol. The van der Waals surface area contributed by atoms with Crippen molar-refractivity contribution in [3.05, 3.63) is 12.7 Å². The third kappa shape index (κ3) is 5.59. The normalized spacial score (nSPS) is 11.4. The molecule has 0 rings (SSSR count). The summed E-state index contributed by atoms with van der Waals surface area (Å²) in [6.07, 6.45) is 4.46. The fourth-order valence-corrected chi connectivity index (χ4v) is 2.70. The van der Waals surface area contributed by atoms with E-state index in [4.69, 9.17) is 9.05 Å². The molecule has 0 radical (unpaired) electrons. The van der Waals surface area contributed by atoms with Crippen molar-refractivity contribution >= 4 is 13.1 Å². The van der Waals surface area contributed by atoms with Gasteiger partial charge in [-0.3, -0.25) is 9.36 Å². The monoisotopic (exact) mass is 248 g/mol. The second-order valence-corrected chi connectivity index (χ2v) is 5.27. The number of carbonyl (C=O) groups is 1. The van der Waals surface area contributed by atoms with E-state index in [1.54, 1.807) is 19.9 Å². The van der Waals surface area contributed by atoms with Gasteiger partial charge in [-0.05, 0) is 33.1 Å². The molecular weight excluding hydrogens is 227 g/mol. The Morgan fingerprint density at radius 2 is 1.81 bits per heavy atom. The molecule has 0 spiro atoms. The topological polar surface area (TPSA) is 52.6 Å². The van der Waals surface area contributed by atoms with Crippen molar-refractivity contribution in [3.8, 4) is 0 Å². The predicted octanol–water partition coefficient (Wildman–Crippen LogP) is 3.53. The highest BCUT2D eigenvalue weighted by molar-refractivity contribution is 7.71. The molecule has 0 atom stereocenters. The highest BCUT2D eigenvalue weighted by atomic mass is 31.2. The van der Waals surface area contributed by atoms with Gasteiger partial charge >= 0.3 is 7.60 Å². The molecule has 0 saturated carbocycles. The molecule has 0 heterocycles. The fraction of sp³-hybridized carbons (Fsp3) is 0.727. The first-order valence-electron chi connectivity index (χ1n) is 5.64. The lowest BCUT2D eigenvalue weighted by Crippen LogP contribution is -2.06. The summed E-state index contributed by atoms with van der Waals surface area (Å²) in [5.74, 6) is 0. The Labute approximate surface area is 97.6 Å². The Kier molecular flexibility index (Phi) is 8.44. The van der Waals surface area contributed by atoms with E-state index in [9.17, 15) is 9.36 Å². The summed E-state index contributed by atoms with van der Waals surface area (Å²) >= 11 is 0. The molecule has 0 aromatic rings. The summed E-state index contributed by atoms with van der Waals surface area (Å²) in [7, 11) is -3.52. The van der Waals surface area contributed by atoms with Gasteiger partial charge in [-0.1, -0.05) is 6.08 Å². The van der Waals surface area contributed by atoms with Crippen molar-refractivity contribution in [2.45, 2.75) is 39.5 Å². The molecule has 5 heteroatoms. The molecular formula is C11H21O4P. The van der Waals surface area contributed by atoms with Gasteiger partial charge < -0.3 is 9.05 Å². The molecule has 0 aliphatic carbocycles. The second-order valence-electron chi connectivity index (χ2n) is 3.26. The second kappa shape index (κ2) is 8.68. The molecule has 0 aromatic carbocycles. The summed E-state index contributed by atoms with van der Waals surface area (Å²) in [6, 6.07) is 0. The lowest BCUT2D eigenvalue weighted by Gasteiger charge is -2.15. The maximum Gasteiger partial charge on any atom is 0.396 e. The van der Waals surface area contributed by atoms with Gasteiger partial charge in [0.25, 0.3) is 0 Å². The van der Waals surface area contributed by atoms with Gasteiger partial charge in [-0.25, -0.2) is 0 Å². The summed E-state index contributed by atoms with van der Waals surface area (Å²) < 4.78 is 21.9. The summed E-state index contributed by atoms with van der Waals surface area (Å²) in [5, 5.41) is 0. The van der Waals surface area contributed by atoms with E-state index in [1.165, 1.54) is 0 Å². The minimum Gasteiger partial charge on any atom is -0.303 e. The number of hydrogen-bond donors (Lipinski definition) is 0. The Hall–Kier alpha value is -0.440. The van der Waals surface area contributed by atoms with Crippen LogP contribution in [0, 0.1) is 0 Å². The maximum absolute atomic E-state index is 12.0. The molecule has 0 unspecified atom stereocenters. The number of unbranched alkanes of at least 4 members (excludes halogenated alkanes) is 2. The van der Waals surface area contributed by atoms with E-state index < -0.39 is 13.1 Å². The van der Waals surface area contributed by atoms with Gasteiger partial charge in [-0.2, -0.15) is 0 Å². The zero-order valence-electron chi connectivity index (χ0n) is 10.1. The van der Waals surface area contributed by atoms with E-state index in [0.29, 0.717) is 6.42 Å². The smallest absolute Gasteiger partial charge is 0.303 e. The van der Waals surface area contributed by atoms with Crippen LogP contribution in [0.3, 0.4) is 0 Å². The Balaban J connectivity index is 4.17. The van der Waals surface area contributed by atoms with Crippen LogP contribution in [0.15, 0.2) is 12.7 Å². The Bertz CT molecular complexity index is 253. The lowest BCUT2D eigenvalue weighted by molar-refractivity contribution is -0.114. The van der Waals surface area contributed by atoms with Crippen molar-refractivity contribution in [2.75, 3.05) is 13.2 Å². The highest BCUT2D eigenvalue weighted by Gasteiger charge is 2.32. The minimum atomic E-state index is -3.52. The van der Waals surface area contributed by atoms with Gasteiger partial charge in [0.2, 0.25) is 5.52 Å². The standard InChI is InChI=1S/C11H21O4P/c1-4-7-8-9-10-11(12)16(13,14-5-2)15-6-3/h4H,1,5-10H2,2-3H3. The highest BCUT2D eigenvalue weighted by Crippen LogP contribution is 2.50. The molecule has 0 aliphatic rings. The van der Waals surface area contributed by atoms with Crippen molar-refractivity contribution < 1.29 is 18.4 Å². The number of rotatable bonds is 10. The van der Waals surface area contributed by atoms with Crippen LogP contribution in [-0.4, -0.2) is 18.7 Å². The molecule has 0 aliphatic heterocycles. The van der Waals surface area contributed by atoms with Gasteiger partial charge in [0.15, 0.2) is 0 Å². The SMILES string of the molecule is C=CCCCCC(=O)P(=O)(OCC)OCC. The van der Waals surface area contributed by atoms with Crippen LogP contribution >= 0.6 is 7.60 Å². The maximum atomic E-state index is 12.0. The fourth-order valence-electron chi connectivity index (χ4n) is 1.22. The summed E-state index contributed by atoms with van der Waals surface area (Å²) in [4.78, 5) is 11.7. The van der Waals surface area contributed by atoms with E-state index in [2.05, 4.69) is 6.58 Å². The Morgan fingerprint density at radius 3 is 2.25 bits per heavy atom.